The van der Waals surface area contributed by atoms with E-state index in [1.54, 1.807) is 12.1 Å². The van der Waals surface area contributed by atoms with Gasteiger partial charge < -0.3 is 5.11 Å². The summed E-state index contributed by atoms with van der Waals surface area (Å²) in [7, 11) is -3.37. The molecule has 0 heterocycles. The van der Waals surface area contributed by atoms with Gasteiger partial charge in [-0.1, -0.05) is 17.7 Å². The lowest BCUT2D eigenvalue weighted by Gasteiger charge is -2.01. The van der Waals surface area contributed by atoms with Crippen LogP contribution in [-0.2, 0) is 9.84 Å². The van der Waals surface area contributed by atoms with Crippen molar-refractivity contribution < 1.29 is 13.5 Å². The number of halogens is 1. The molecule has 5 heteroatoms. The number of sulfone groups is 1. The van der Waals surface area contributed by atoms with Crippen molar-refractivity contribution in [3.05, 3.63) is 29.3 Å². The molecule has 72 valence electrons. The molecular formula is C8H9ClO3S. The van der Waals surface area contributed by atoms with E-state index in [0.29, 0.717) is 5.02 Å². The minimum atomic E-state index is -3.37. The highest BCUT2D eigenvalue weighted by Gasteiger charge is 2.13. The lowest BCUT2D eigenvalue weighted by Crippen LogP contribution is -2.09. The number of hydrogen-bond donors (Lipinski definition) is 1. The summed E-state index contributed by atoms with van der Waals surface area (Å²) in [6, 6.07) is 5.98. The maximum Gasteiger partial charge on any atom is 0.180 e. The average molecular weight is 221 g/mol. The van der Waals surface area contributed by atoms with Crippen molar-refractivity contribution >= 4 is 21.4 Å². The van der Waals surface area contributed by atoms with Crippen molar-refractivity contribution in [3.8, 4) is 0 Å². The normalized spacial score (nSPS) is 11.5. The van der Waals surface area contributed by atoms with Gasteiger partial charge in [0, 0.05) is 5.02 Å². The molecule has 0 aromatic heterocycles. The van der Waals surface area contributed by atoms with E-state index >= 15 is 0 Å². The molecule has 0 spiro atoms. The Morgan fingerprint density at radius 3 is 2.62 bits per heavy atom. The van der Waals surface area contributed by atoms with Crippen LogP contribution in [0, 0.1) is 0 Å². The highest BCUT2D eigenvalue weighted by atomic mass is 35.5. The summed E-state index contributed by atoms with van der Waals surface area (Å²) in [5, 5.41) is 8.89. The smallest absolute Gasteiger partial charge is 0.180 e. The fourth-order valence-electron chi connectivity index (χ4n) is 0.898. The molecule has 0 saturated heterocycles. The first kappa shape index (κ1) is 10.5. The van der Waals surface area contributed by atoms with Gasteiger partial charge >= 0.3 is 0 Å². The van der Waals surface area contributed by atoms with Crippen LogP contribution in [0.5, 0.6) is 0 Å². The predicted octanol–water partition coefficient (Wildman–Crippen LogP) is 1.11. The highest BCUT2D eigenvalue weighted by molar-refractivity contribution is 7.91. The zero-order valence-electron chi connectivity index (χ0n) is 6.77. The van der Waals surface area contributed by atoms with E-state index in [0.717, 1.165) is 0 Å². The van der Waals surface area contributed by atoms with Crippen molar-refractivity contribution in [2.24, 2.45) is 0 Å². The Balaban J connectivity index is 3.08. The second-order valence-corrected chi connectivity index (χ2v) is 5.05. The van der Waals surface area contributed by atoms with Crippen LogP contribution >= 0.6 is 11.6 Å². The lowest BCUT2D eigenvalue weighted by molar-refractivity contribution is 0.319. The predicted molar refractivity (Wildman–Crippen MR) is 50.6 cm³/mol. The van der Waals surface area contributed by atoms with Gasteiger partial charge in [-0.25, -0.2) is 8.42 Å². The van der Waals surface area contributed by atoms with Gasteiger partial charge in [0.15, 0.2) is 9.84 Å². The second kappa shape index (κ2) is 4.09. The summed E-state index contributed by atoms with van der Waals surface area (Å²) in [5.41, 5.74) is 0. The molecule has 0 atom stereocenters. The molecule has 0 fully saturated rings. The number of aliphatic hydroxyl groups excluding tert-OH is 1. The summed E-state index contributed by atoms with van der Waals surface area (Å²) in [5.74, 6) is -0.270. The maximum absolute atomic E-state index is 11.4. The summed E-state index contributed by atoms with van der Waals surface area (Å²) >= 11 is 5.62. The number of aliphatic hydroxyl groups is 1. The van der Waals surface area contributed by atoms with Gasteiger partial charge in [-0.3, -0.25) is 0 Å². The molecule has 1 rings (SSSR count). The van der Waals surface area contributed by atoms with Crippen LogP contribution in [0.15, 0.2) is 29.2 Å². The average Bonchev–Trinajstić information content (AvgIpc) is 2.04. The first-order valence-electron chi connectivity index (χ1n) is 3.65. The monoisotopic (exact) mass is 220 g/mol. The van der Waals surface area contributed by atoms with Gasteiger partial charge in [0.05, 0.1) is 17.3 Å². The van der Waals surface area contributed by atoms with Crippen molar-refractivity contribution in [2.75, 3.05) is 12.4 Å². The summed E-state index contributed by atoms with van der Waals surface area (Å²) < 4.78 is 22.7. The van der Waals surface area contributed by atoms with Gasteiger partial charge in [-0.05, 0) is 18.2 Å². The van der Waals surface area contributed by atoms with Crippen LogP contribution in [-0.4, -0.2) is 25.9 Å². The molecule has 0 aliphatic carbocycles. The Labute approximate surface area is 81.9 Å². The zero-order chi connectivity index (χ0) is 9.90. The van der Waals surface area contributed by atoms with Crippen LogP contribution in [0.2, 0.25) is 5.02 Å². The van der Waals surface area contributed by atoms with Crippen LogP contribution in [0.4, 0.5) is 0 Å². The molecular weight excluding hydrogens is 212 g/mol. The van der Waals surface area contributed by atoms with Crippen molar-refractivity contribution in [1.29, 1.82) is 0 Å². The first-order valence-corrected chi connectivity index (χ1v) is 5.68. The molecule has 0 saturated carbocycles. The van der Waals surface area contributed by atoms with Crippen LogP contribution in [0.25, 0.3) is 0 Å². The molecule has 1 aromatic carbocycles. The molecule has 3 nitrogen and oxygen atoms in total. The molecule has 0 bridgehead atoms. The molecule has 0 aliphatic heterocycles. The van der Waals surface area contributed by atoms with Crippen LogP contribution < -0.4 is 0 Å². The minimum Gasteiger partial charge on any atom is -0.395 e. The van der Waals surface area contributed by atoms with Gasteiger partial charge in [-0.15, -0.1) is 0 Å². The third-order valence-electron chi connectivity index (χ3n) is 1.52. The Morgan fingerprint density at radius 2 is 2.08 bits per heavy atom. The molecule has 1 N–H and O–H groups in total. The molecule has 0 unspecified atom stereocenters. The Bertz CT molecular complexity index is 386. The molecule has 1 aromatic rings. The molecule has 0 radical (unpaired) electrons. The van der Waals surface area contributed by atoms with E-state index in [-0.39, 0.29) is 17.3 Å². The minimum absolute atomic E-state index is 0.147. The third kappa shape index (κ3) is 2.69. The van der Waals surface area contributed by atoms with E-state index in [1.807, 2.05) is 0 Å². The van der Waals surface area contributed by atoms with Crippen molar-refractivity contribution in [3.63, 3.8) is 0 Å². The molecule has 0 aliphatic rings. The van der Waals surface area contributed by atoms with Crippen molar-refractivity contribution in [2.45, 2.75) is 4.90 Å². The van der Waals surface area contributed by atoms with E-state index in [1.165, 1.54) is 12.1 Å². The standard InChI is InChI=1S/C8H9ClO3S/c9-7-2-1-3-8(6-7)13(11,12)5-4-10/h1-3,6,10H,4-5H2. The van der Waals surface area contributed by atoms with Gasteiger partial charge in [0.25, 0.3) is 0 Å². The summed E-state index contributed by atoms with van der Waals surface area (Å²) in [6.07, 6.45) is 0. The highest BCUT2D eigenvalue weighted by Crippen LogP contribution is 2.16. The van der Waals surface area contributed by atoms with E-state index in [4.69, 9.17) is 16.7 Å². The fourth-order valence-corrected chi connectivity index (χ4v) is 2.22. The van der Waals surface area contributed by atoms with E-state index in [9.17, 15) is 8.42 Å². The molecule has 0 amide bonds. The fraction of sp³-hybridized carbons (Fsp3) is 0.250. The Hall–Kier alpha value is -0.580. The Morgan fingerprint density at radius 1 is 1.38 bits per heavy atom. The van der Waals surface area contributed by atoms with Crippen molar-refractivity contribution in [1.82, 2.24) is 0 Å². The first-order chi connectivity index (χ1) is 6.06. The zero-order valence-corrected chi connectivity index (χ0v) is 8.35. The number of rotatable bonds is 3. The largest absolute Gasteiger partial charge is 0.395 e. The molecule has 13 heavy (non-hydrogen) atoms. The summed E-state index contributed by atoms with van der Waals surface area (Å²) in [6.45, 7) is -0.380. The quantitative estimate of drug-likeness (QED) is 0.830. The van der Waals surface area contributed by atoms with Crippen LogP contribution in [0.1, 0.15) is 0 Å². The summed E-state index contributed by atoms with van der Waals surface area (Å²) in [4.78, 5) is 0.147. The van der Waals surface area contributed by atoms with Gasteiger partial charge in [0.1, 0.15) is 0 Å². The number of hydrogen-bond acceptors (Lipinski definition) is 3. The van der Waals surface area contributed by atoms with Gasteiger partial charge in [0.2, 0.25) is 0 Å². The second-order valence-electron chi connectivity index (χ2n) is 2.50. The lowest BCUT2D eigenvalue weighted by atomic mass is 10.4. The maximum atomic E-state index is 11.4. The Kier molecular flexibility index (Phi) is 3.30. The number of benzene rings is 1. The third-order valence-corrected chi connectivity index (χ3v) is 3.44. The van der Waals surface area contributed by atoms with E-state index in [2.05, 4.69) is 0 Å². The van der Waals surface area contributed by atoms with Crippen LogP contribution in [0.3, 0.4) is 0 Å². The van der Waals surface area contributed by atoms with Gasteiger partial charge in [-0.2, -0.15) is 0 Å². The van der Waals surface area contributed by atoms with E-state index < -0.39 is 9.84 Å². The topological polar surface area (TPSA) is 54.4 Å². The SMILES string of the molecule is O=S(=O)(CCO)c1cccc(Cl)c1.